The zero-order valence-electron chi connectivity index (χ0n) is 10.8. The van der Waals surface area contributed by atoms with Gasteiger partial charge in [0.1, 0.15) is 0 Å². The number of hydrogen-bond donors (Lipinski definition) is 1. The Morgan fingerprint density at radius 1 is 1.28 bits per heavy atom. The molecular weight excluding hydrogens is 224 g/mol. The maximum absolute atomic E-state index is 10.3. The molecule has 3 nitrogen and oxygen atoms in total. The molecule has 3 heteroatoms. The van der Waals surface area contributed by atoms with Gasteiger partial charge in [-0.25, -0.2) is 0 Å². The number of rotatable bonds is 3. The number of nitrogens with zero attached hydrogens (tertiary/aromatic N) is 2. The van der Waals surface area contributed by atoms with Crippen LogP contribution in [0.2, 0.25) is 0 Å². The van der Waals surface area contributed by atoms with Crippen molar-refractivity contribution in [3.05, 3.63) is 35.9 Å². The van der Waals surface area contributed by atoms with Gasteiger partial charge in [0, 0.05) is 0 Å². The fraction of sp³-hybridized carbons (Fsp3) is 0.533. The lowest BCUT2D eigenvalue weighted by molar-refractivity contribution is 0.0540. The Morgan fingerprint density at radius 2 is 1.89 bits per heavy atom. The first kappa shape index (κ1) is 13.1. The number of aliphatic hydroxyl groups excluding tert-OH is 1. The Kier molecular flexibility index (Phi) is 4.35. The predicted octanol–water partition coefficient (Wildman–Crippen LogP) is 2.34. The molecule has 1 heterocycles. The maximum atomic E-state index is 10.3. The van der Waals surface area contributed by atoms with Crippen LogP contribution in [0.3, 0.4) is 0 Å². The van der Waals surface area contributed by atoms with Crippen molar-refractivity contribution in [2.75, 3.05) is 13.1 Å². The molecule has 0 bridgehead atoms. The molecule has 0 aromatic heterocycles. The molecule has 96 valence electrons. The molecule has 0 aliphatic carbocycles. The Labute approximate surface area is 109 Å². The van der Waals surface area contributed by atoms with Gasteiger partial charge in [-0.3, -0.25) is 4.90 Å². The molecular formula is C15H20N2O. The van der Waals surface area contributed by atoms with Crippen LogP contribution < -0.4 is 0 Å². The van der Waals surface area contributed by atoms with Crippen molar-refractivity contribution in [3.8, 4) is 6.07 Å². The fourth-order valence-corrected chi connectivity index (χ4v) is 2.63. The molecule has 0 unspecified atom stereocenters. The predicted molar refractivity (Wildman–Crippen MR) is 70.8 cm³/mol. The first-order valence-electron chi connectivity index (χ1n) is 6.59. The molecule has 1 N–H and O–H groups in total. The summed E-state index contributed by atoms with van der Waals surface area (Å²) in [5.41, 5.74) is 1.00. The van der Waals surface area contributed by atoms with Gasteiger partial charge in [0.05, 0.1) is 18.2 Å². The fourth-order valence-electron chi connectivity index (χ4n) is 2.63. The Bertz CT molecular complexity index is 404. The van der Waals surface area contributed by atoms with E-state index in [1.54, 1.807) is 0 Å². The van der Waals surface area contributed by atoms with E-state index in [1.165, 1.54) is 0 Å². The van der Waals surface area contributed by atoms with Crippen LogP contribution in [0, 0.1) is 17.2 Å². The third-order valence-corrected chi connectivity index (χ3v) is 3.90. The van der Waals surface area contributed by atoms with Gasteiger partial charge in [-0.2, -0.15) is 5.26 Å². The van der Waals surface area contributed by atoms with E-state index in [1.807, 2.05) is 37.3 Å². The minimum absolute atomic E-state index is 0.0141. The number of piperidine rings is 1. The van der Waals surface area contributed by atoms with Crippen LogP contribution in [-0.2, 0) is 0 Å². The van der Waals surface area contributed by atoms with Crippen LogP contribution in [0.5, 0.6) is 0 Å². The van der Waals surface area contributed by atoms with E-state index in [-0.39, 0.29) is 12.1 Å². The number of likely N-dealkylation sites (tertiary alicyclic amines) is 1. The van der Waals surface area contributed by atoms with Crippen molar-refractivity contribution in [1.82, 2.24) is 4.90 Å². The number of aliphatic hydroxyl groups is 1. The van der Waals surface area contributed by atoms with E-state index in [2.05, 4.69) is 11.0 Å². The van der Waals surface area contributed by atoms with Crippen molar-refractivity contribution in [3.63, 3.8) is 0 Å². The van der Waals surface area contributed by atoms with E-state index < -0.39 is 0 Å². The van der Waals surface area contributed by atoms with Gasteiger partial charge in [-0.05, 0) is 44.3 Å². The van der Waals surface area contributed by atoms with Crippen molar-refractivity contribution in [2.45, 2.75) is 31.9 Å². The molecule has 1 aromatic carbocycles. The third-order valence-electron chi connectivity index (χ3n) is 3.90. The largest absolute Gasteiger partial charge is 0.388 e. The monoisotopic (exact) mass is 244 g/mol. The second-order valence-electron chi connectivity index (χ2n) is 5.03. The van der Waals surface area contributed by atoms with Crippen LogP contribution in [0.1, 0.15) is 31.4 Å². The van der Waals surface area contributed by atoms with E-state index in [4.69, 9.17) is 5.26 Å². The average Bonchev–Trinajstić information content (AvgIpc) is 2.47. The summed E-state index contributed by atoms with van der Waals surface area (Å²) in [6.07, 6.45) is 1.55. The highest BCUT2D eigenvalue weighted by Gasteiger charge is 2.27. The third kappa shape index (κ3) is 2.90. The summed E-state index contributed by atoms with van der Waals surface area (Å²) < 4.78 is 0. The minimum Gasteiger partial charge on any atom is -0.388 e. The quantitative estimate of drug-likeness (QED) is 0.887. The summed E-state index contributed by atoms with van der Waals surface area (Å²) in [6, 6.07) is 12.1. The summed E-state index contributed by atoms with van der Waals surface area (Å²) in [4.78, 5) is 2.19. The Morgan fingerprint density at radius 3 is 2.44 bits per heavy atom. The summed E-state index contributed by atoms with van der Waals surface area (Å²) in [5, 5.41) is 19.2. The van der Waals surface area contributed by atoms with Crippen LogP contribution in [0.15, 0.2) is 30.3 Å². The molecule has 0 saturated carbocycles. The van der Waals surface area contributed by atoms with E-state index in [0.717, 1.165) is 31.5 Å². The van der Waals surface area contributed by atoms with Gasteiger partial charge in [0.15, 0.2) is 0 Å². The van der Waals surface area contributed by atoms with E-state index in [9.17, 15) is 5.11 Å². The maximum Gasteiger partial charge on any atom is 0.0949 e. The topological polar surface area (TPSA) is 47.3 Å². The van der Waals surface area contributed by atoms with E-state index in [0.29, 0.717) is 5.92 Å². The lowest BCUT2D eigenvalue weighted by Gasteiger charge is -2.35. The molecule has 0 amide bonds. The molecule has 2 atom stereocenters. The summed E-state index contributed by atoms with van der Waals surface area (Å²) in [6.45, 7) is 3.75. The zero-order valence-corrected chi connectivity index (χ0v) is 10.8. The molecule has 1 aliphatic rings. The Balaban J connectivity index is 1.92. The molecule has 1 saturated heterocycles. The number of nitriles is 1. The second kappa shape index (κ2) is 5.99. The molecule has 18 heavy (non-hydrogen) atoms. The normalized spacial score (nSPS) is 21.2. The van der Waals surface area contributed by atoms with Crippen LogP contribution in [0.25, 0.3) is 0 Å². The van der Waals surface area contributed by atoms with Gasteiger partial charge in [-0.1, -0.05) is 30.3 Å². The molecule has 1 aromatic rings. The lowest BCUT2D eigenvalue weighted by atomic mass is 9.87. The number of hydrogen-bond acceptors (Lipinski definition) is 3. The SMILES string of the molecule is C[C@@H](C#N)N1CCC([C@@H](O)c2ccccc2)CC1. The van der Waals surface area contributed by atoms with Crippen LogP contribution in [-0.4, -0.2) is 29.1 Å². The van der Waals surface area contributed by atoms with Crippen LogP contribution >= 0.6 is 0 Å². The summed E-state index contributed by atoms with van der Waals surface area (Å²) in [7, 11) is 0. The number of benzene rings is 1. The van der Waals surface area contributed by atoms with Gasteiger partial charge >= 0.3 is 0 Å². The smallest absolute Gasteiger partial charge is 0.0949 e. The zero-order chi connectivity index (χ0) is 13.0. The molecule has 1 aliphatic heterocycles. The lowest BCUT2D eigenvalue weighted by Crippen LogP contribution is -2.40. The first-order valence-corrected chi connectivity index (χ1v) is 6.59. The first-order chi connectivity index (χ1) is 8.72. The molecule has 2 rings (SSSR count). The van der Waals surface area contributed by atoms with Crippen molar-refractivity contribution in [1.29, 1.82) is 5.26 Å². The average molecular weight is 244 g/mol. The minimum atomic E-state index is -0.370. The van der Waals surface area contributed by atoms with Crippen molar-refractivity contribution < 1.29 is 5.11 Å². The van der Waals surface area contributed by atoms with Crippen molar-refractivity contribution >= 4 is 0 Å². The molecule has 0 spiro atoms. The summed E-state index contributed by atoms with van der Waals surface area (Å²) in [5.74, 6) is 0.314. The molecule has 1 fully saturated rings. The van der Waals surface area contributed by atoms with Gasteiger partial charge < -0.3 is 5.11 Å². The Hall–Kier alpha value is -1.37. The van der Waals surface area contributed by atoms with Gasteiger partial charge in [0.25, 0.3) is 0 Å². The van der Waals surface area contributed by atoms with Gasteiger partial charge in [0.2, 0.25) is 0 Å². The highest BCUT2D eigenvalue weighted by molar-refractivity contribution is 5.18. The van der Waals surface area contributed by atoms with Crippen molar-refractivity contribution in [2.24, 2.45) is 5.92 Å². The van der Waals surface area contributed by atoms with E-state index >= 15 is 0 Å². The van der Waals surface area contributed by atoms with Crippen LogP contribution in [0.4, 0.5) is 0 Å². The highest BCUT2D eigenvalue weighted by Crippen LogP contribution is 2.30. The summed E-state index contributed by atoms with van der Waals surface area (Å²) >= 11 is 0. The molecule has 0 radical (unpaired) electrons. The highest BCUT2D eigenvalue weighted by atomic mass is 16.3. The second-order valence-corrected chi connectivity index (χ2v) is 5.03. The van der Waals surface area contributed by atoms with Gasteiger partial charge in [-0.15, -0.1) is 0 Å². The standard InChI is InChI=1S/C15H20N2O/c1-12(11-16)17-9-7-14(8-10-17)15(18)13-5-3-2-4-6-13/h2-6,12,14-15,18H,7-10H2,1H3/t12-,15-/m0/s1.